The van der Waals surface area contributed by atoms with Crippen LogP contribution in [0.3, 0.4) is 0 Å². The first-order valence-corrected chi connectivity index (χ1v) is 5.89. The average Bonchev–Trinajstić information content (AvgIpc) is 2.02. The highest BCUT2D eigenvalue weighted by Gasteiger charge is 2.18. The summed E-state index contributed by atoms with van der Waals surface area (Å²) in [5.41, 5.74) is 0.765. The maximum Gasteiger partial charge on any atom is 0.214 e. The molecule has 0 aliphatic heterocycles. The van der Waals surface area contributed by atoms with Crippen LogP contribution in [0.1, 0.15) is 32.3 Å². The zero-order chi connectivity index (χ0) is 10.8. The normalized spacial score (nSPS) is 11.7. The first-order chi connectivity index (χ1) is 6.43. The molecule has 14 heavy (non-hydrogen) atoms. The van der Waals surface area contributed by atoms with E-state index >= 15 is 0 Å². The van der Waals surface area contributed by atoms with Gasteiger partial charge in [-0.25, -0.2) is 4.98 Å². The third kappa shape index (κ3) is 2.87. The Hall–Kier alpha value is -0.770. The van der Waals surface area contributed by atoms with Crippen LogP contribution in [0.2, 0.25) is 0 Å². The maximum absolute atomic E-state index is 9.42. The number of aromatic hydroxyl groups is 1. The van der Waals surface area contributed by atoms with Crippen molar-refractivity contribution in [3.63, 3.8) is 0 Å². The molecule has 0 aromatic carbocycles. The van der Waals surface area contributed by atoms with Gasteiger partial charge in [0, 0.05) is 17.2 Å². The molecule has 0 saturated carbocycles. The molecule has 0 amide bonds. The van der Waals surface area contributed by atoms with Gasteiger partial charge in [-0.2, -0.15) is 16.7 Å². The summed E-state index contributed by atoms with van der Waals surface area (Å²) in [6.07, 6.45) is 2.01. The molecule has 4 heteroatoms. The van der Waals surface area contributed by atoms with Gasteiger partial charge < -0.3 is 5.11 Å². The Bertz CT molecular complexity index is 320. The lowest BCUT2D eigenvalue weighted by Crippen LogP contribution is -2.16. The van der Waals surface area contributed by atoms with E-state index in [9.17, 15) is 5.11 Å². The summed E-state index contributed by atoms with van der Waals surface area (Å²) < 4.78 is 0. The molecular weight excluding hydrogens is 196 g/mol. The molecule has 0 spiro atoms. The molecular formula is C10H16N2OS. The Morgan fingerprint density at radius 1 is 1.36 bits per heavy atom. The van der Waals surface area contributed by atoms with Crippen molar-refractivity contribution in [3.8, 4) is 5.88 Å². The third-order valence-corrected chi connectivity index (χ3v) is 2.31. The summed E-state index contributed by atoms with van der Waals surface area (Å²) in [6.45, 7) is 6.10. The smallest absolute Gasteiger partial charge is 0.214 e. The van der Waals surface area contributed by atoms with Crippen LogP contribution >= 0.6 is 11.8 Å². The Balaban J connectivity index is 3.07. The molecule has 78 valence electrons. The summed E-state index contributed by atoms with van der Waals surface area (Å²) in [7, 11) is 0. The number of aromatic nitrogens is 2. The number of rotatable bonds is 2. The van der Waals surface area contributed by atoms with Crippen molar-refractivity contribution >= 4 is 11.8 Å². The molecule has 0 radical (unpaired) electrons. The van der Waals surface area contributed by atoms with Gasteiger partial charge in [0.15, 0.2) is 0 Å². The third-order valence-electron chi connectivity index (χ3n) is 1.73. The van der Waals surface area contributed by atoms with Gasteiger partial charge in [0.05, 0.1) is 5.69 Å². The van der Waals surface area contributed by atoms with Gasteiger partial charge in [0.1, 0.15) is 5.82 Å². The summed E-state index contributed by atoms with van der Waals surface area (Å²) in [5.74, 6) is 1.56. The molecule has 0 aliphatic carbocycles. The van der Waals surface area contributed by atoms with Crippen LogP contribution in [0.4, 0.5) is 0 Å². The van der Waals surface area contributed by atoms with Gasteiger partial charge in [-0.3, -0.25) is 0 Å². The fourth-order valence-electron chi connectivity index (χ4n) is 1.04. The van der Waals surface area contributed by atoms with Crippen LogP contribution in [0.15, 0.2) is 6.07 Å². The van der Waals surface area contributed by atoms with Crippen molar-refractivity contribution in [2.45, 2.75) is 31.9 Å². The SMILES string of the molecule is CSCc1cc(O)nc(C(C)(C)C)n1. The Kier molecular flexibility index (Phi) is 3.37. The first-order valence-electron chi connectivity index (χ1n) is 4.50. The zero-order valence-corrected chi connectivity index (χ0v) is 9.85. The van der Waals surface area contributed by atoms with E-state index < -0.39 is 0 Å². The van der Waals surface area contributed by atoms with E-state index in [-0.39, 0.29) is 11.3 Å². The predicted molar refractivity (Wildman–Crippen MR) is 59.6 cm³/mol. The molecule has 0 saturated heterocycles. The quantitative estimate of drug-likeness (QED) is 0.817. The molecule has 1 aromatic heterocycles. The standard InChI is InChI=1S/C10H16N2OS/c1-10(2,3)9-11-7(6-14-4)5-8(13)12-9/h5H,6H2,1-4H3,(H,11,12,13). The fraction of sp³-hybridized carbons (Fsp3) is 0.600. The van der Waals surface area contributed by atoms with Gasteiger partial charge in [-0.05, 0) is 6.26 Å². The Morgan fingerprint density at radius 3 is 2.50 bits per heavy atom. The molecule has 0 aliphatic rings. The lowest BCUT2D eigenvalue weighted by Gasteiger charge is -2.17. The van der Waals surface area contributed by atoms with Crippen molar-refractivity contribution in [1.29, 1.82) is 0 Å². The van der Waals surface area contributed by atoms with Gasteiger partial charge in [-0.15, -0.1) is 0 Å². The van der Waals surface area contributed by atoms with E-state index in [1.807, 2.05) is 27.0 Å². The predicted octanol–water partition coefficient (Wildman–Crippen LogP) is 2.34. The second-order valence-corrected chi connectivity index (χ2v) is 5.09. The maximum atomic E-state index is 9.42. The highest BCUT2D eigenvalue weighted by atomic mass is 32.2. The second-order valence-electron chi connectivity index (χ2n) is 4.22. The summed E-state index contributed by atoms with van der Waals surface area (Å²) in [5, 5.41) is 9.42. The van der Waals surface area contributed by atoms with Gasteiger partial charge in [0.25, 0.3) is 0 Å². The number of hydrogen-bond donors (Lipinski definition) is 1. The van der Waals surface area contributed by atoms with Crippen molar-refractivity contribution < 1.29 is 5.11 Å². The van der Waals surface area contributed by atoms with Gasteiger partial charge in [0.2, 0.25) is 5.88 Å². The van der Waals surface area contributed by atoms with E-state index in [0.717, 1.165) is 11.4 Å². The van der Waals surface area contributed by atoms with Crippen molar-refractivity contribution in [2.24, 2.45) is 0 Å². The van der Waals surface area contributed by atoms with Crippen LogP contribution < -0.4 is 0 Å². The lowest BCUT2D eigenvalue weighted by molar-refractivity contribution is 0.435. The summed E-state index contributed by atoms with van der Waals surface area (Å²) >= 11 is 1.68. The molecule has 1 N–H and O–H groups in total. The van der Waals surface area contributed by atoms with Gasteiger partial charge >= 0.3 is 0 Å². The van der Waals surface area contributed by atoms with E-state index in [1.54, 1.807) is 17.8 Å². The highest BCUT2D eigenvalue weighted by molar-refractivity contribution is 7.97. The summed E-state index contributed by atoms with van der Waals surface area (Å²) in [6, 6.07) is 1.62. The van der Waals surface area contributed by atoms with E-state index in [1.165, 1.54) is 0 Å². The average molecular weight is 212 g/mol. The molecule has 0 fully saturated rings. The van der Waals surface area contributed by atoms with Crippen LogP contribution in [0.5, 0.6) is 5.88 Å². The van der Waals surface area contributed by atoms with Crippen molar-refractivity contribution in [1.82, 2.24) is 9.97 Å². The Labute approximate surface area is 89.0 Å². The molecule has 1 aromatic rings. The van der Waals surface area contributed by atoms with E-state index in [2.05, 4.69) is 9.97 Å². The van der Waals surface area contributed by atoms with Gasteiger partial charge in [-0.1, -0.05) is 20.8 Å². The molecule has 0 atom stereocenters. The van der Waals surface area contributed by atoms with E-state index in [0.29, 0.717) is 5.82 Å². The minimum Gasteiger partial charge on any atom is -0.493 e. The number of hydrogen-bond acceptors (Lipinski definition) is 4. The second kappa shape index (κ2) is 4.17. The monoisotopic (exact) mass is 212 g/mol. The van der Waals surface area contributed by atoms with Crippen LogP contribution in [-0.4, -0.2) is 21.3 Å². The van der Waals surface area contributed by atoms with Crippen molar-refractivity contribution in [3.05, 3.63) is 17.6 Å². The van der Waals surface area contributed by atoms with Crippen LogP contribution in [0, 0.1) is 0 Å². The summed E-state index contributed by atoms with van der Waals surface area (Å²) in [4.78, 5) is 8.43. The fourth-order valence-corrected chi connectivity index (χ4v) is 1.48. The lowest BCUT2D eigenvalue weighted by atomic mass is 9.95. The molecule has 3 nitrogen and oxygen atoms in total. The first kappa shape index (κ1) is 11.3. The minimum absolute atomic E-state index is 0.0639. The van der Waals surface area contributed by atoms with Crippen molar-refractivity contribution in [2.75, 3.05) is 6.26 Å². The van der Waals surface area contributed by atoms with Crippen LogP contribution in [0.25, 0.3) is 0 Å². The molecule has 0 bridgehead atoms. The highest BCUT2D eigenvalue weighted by Crippen LogP contribution is 2.21. The zero-order valence-electron chi connectivity index (χ0n) is 9.03. The molecule has 0 unspecified atom stereocenters. The van der Waals surface area contributed by atoms with E-state index in [4.69, 9.17) is 0 Å². The molecule has 1 rings (SSSR count). The number of thioether (sulfide) groups is 1. The number of nitrogens with zero attached hydrogens (tertiary/aromatic N) is 2. The molecule has 1 heterocycles. The Morgan fingerprint density at radius 2 is 2.00 bits per heavy atom. The largest absolute Gasteiger partial charge is 0.493 e. The topological polar surface area (TPSA) is 46.0 Å². The van der Waals surface area contributed by atoms with Crippen LogP contribution in [-0.2, 0) is 11.2 Å². The minimum atomic E-state index is -0.119.